The van der Waals surface area contributed by atoms with Crippen molar-refractivity contribution in [3.8, 4) is 0 Å². The summed E-state index contributed by atoms with van der Waals surface area (Å²) in [5.41, 5.74) is 0.587. The number of nitrogens with zero attached hydrogens (tertiary/aromatic N) is 3. The number of para-hydroxylation sites is 2. The van der Waals surface area contributed by atoms with Crippen molar-refractivity contribution < 1.29 is 13.3 Å². The number of rotatable bonds is 3. The van der Waals surface area contributed by atoms with Crippen LogP contribution < -0.4 is 0 Å². The van der Waals surface area contributed by atoms with E-state index in [4.69, 9.17) is 11.6 Å². The molecule has 1 heterocycles. The third-order valence-electron chi connectivity index (χ3n) is 3.07. The van der Waals surface area contributed by atoms with Crippen LogP contribution in [0.4, 0.5) is 5.69 Å². The summed E-state index contributed by atoms with van der Waals surface area (Å²) in [5, 5.41) is 10.4. The van der Waals surface area contributed by atoms with Gasteiger partial charge in [0, 0.05) is 12.1 Å². The van der Waals surface area contributed by atoms with Crippen molar-refractivity contribution in [3.05, 3.63) is 63.9 Å². The van der Waals surface area contributed by atoms with Crippen molar-refractivity contribution >= 4 is 38.3 Å². The zero-order valence-corrected chi connectivity index (χ0v) is 12.5. The number of hydrogen-bond acceptors (Lipinski definition) is 5. The highest BCUT2D eigenvalue weighted by Gasteiger charge is 2.24. The molecule has 9 heteroatoms. The van der Waals surface area contributed by atoms with Crippen LogP contribution in [-0.4, -0.2) is 22.3 Å². The van der Waals surface area contributed by atoms with Crippen LogP contribution in [0, 0.1) is 10.1 Å². The van der Waals surface area contributed by atoms with E-state index in [1.54, 1.807) is 24.3 Å². The van der Waals surface area contributed by atoms with Gasteiger partial charge in [-0.25, -0.2) is 17.4 Å². The van der Waals surface area contributed by atoms with Gasteiger partial charge in [-0.1, -0.05) is 12.1 Å². The van der Waals surface area contributed by atoms with Crippen LogP contribution in [0.15, 0.2) is 53.4 Å². The standard InChI is InChI=1S/C13H8ClN3O4S/c14-13-15-11-3-1-2-4-12(11)16(13)22(20,21)10-7-5-9(6-8-10)17(18)19/h1-8H. The largest absolute Gasteiger partial charge is 0.270 e. The molecule has 0 amide bonds. The minimum Gasteiger partial charge on any atom is -0.258 e. The molecule has 0 unspecified atom stereocenters. The number of halogens is 1. The summed E-state index contributed by atoms with van der Waals surface area (Å²) in [5.74, 6) is 0. The monoisotopic (exact) mass is 337 g/mol. The molecule has 0 saturated heterocycles. The Balaban J connectivity index is 2.20. The van der Waals surface area contributed by atoms with E-state index in [0.717, 1.165) is 16.1 Å². The average molecular weight is 338 g/mol. The Labute approximate surface area is 130 Å². The Morgan fingerprint density at radius 1 is 1.09 bits per heavy atom. The Morgan fingerprint density at radius 3 is 2.36 bits per heavy atom. The van der Waals surface area contributed by atoms with Gasteiger partial charge in [-0.2, -0.15) is 0 Å². The van der Waals surface area contributed by atoms with Crippen LogP contribution in [0.2, 0.25) is 5.28 Å². The molecule has 1 aromatic heterocycles. The van der Waals surface area contributed by atoms with E-state index >= 15 is 0 Å². The fourth-order valence-corrected chi connectivity index (χ4v) is 3.85. The maximum atomic E-state index is 12.7. The van der Waals surface area contributed by atoms with Crippen LogP contribution in [0.1, 0.15) is 0 Å². The minimum absolute atomic E-state index is 0.108. The number of fused-ring (bicyclic) bond motifs is 1. The molecular formula is C13H8ClN3O4S. The number of benzene rings is 2. The van der Waals surface area contributed by atoms with Gasteiger partial charge in [-0.3, -0.25) is 10.1 Å². The van der Waals surface area contributed by atoms with Crippen molar-refractivity contribution in [3.63, 3.8) is 0 Å². The maximum Gasteiger partial charge on any atom is 0.270 e. The van der Waals surface area contributed by atoms with E-state index in [1.807, 2.05) is 0 Å². The van der Waals surface area contributed by atoms with Gasteiger partial charge < -0.3 is 0 Å². The highest BCUT2D eigenvalue weighted by atomic mass is 35.5. The van der Waals surface area contributed by atoms with E-state index in [1.165, 1.54) is 12.1 Å². The molecule has 0 fully saturated rings. The summed E-state index contributed by atoms with van der Waals surface area (Å²) in [6.07, 6.45) is 0. The summed E-state index contributed by atoms with van der Waals surface area (Å²) in [4.78, 5) is 13.9. The first-order valence-corrected chi connectivity index (χ1v) is 7.86. The van der Waals surface area contributed by atoms with Crippen LogP contribution in [-0.2, 0) is 10.0 Å². The number of aromatic nitrogens is 2. The number of imidazole rings is 1. The highest BCUT2D eigenvalue weighted by molar-refractivity contribution is 7.90. The SMILES string of the molecule is O=[N+]([O-])c1ccc(S(=O)(=O)n2c(Cl)nc3ccccc32)cc1. The fraction of sp³-hybridized carbons (Fsp3) is 0. The smallest absolute Gasteiger partial charge is 0.258 e. The first-order chi connectivity index (χ1) is 10.4. The Kier molecular flexibility index (Phi) is 3.34. The Hall–Kier alpha value is -2.45. The molecule has 112 valence electrons. The van der Waals surface area contributed by atoms with Crippen molar-refractivity contribution in [1.29, 1.82) is 0 Å². The van der Waals surface area contributed by atoms with E-state index in [2.05, 4.69) is 4.98 Å². The lowest BCUT2D eigenvalue weighted by atomic mass is 10.3. The fourth-order valence-electron chi connectivity index (χ4n) is 2.05. The van der Waals surface area contributed by atoms with Crippen LogP contribution in [0.5, 0.6) is 0 Å². The molecule has 0 saturated carbocycles. The number of nitro benzene ring substituents is 1. The lowest BCUT2D eigenvalue weighted by Gasteiger charge is -2.07. The van der Waals surface area contributed by atoms with Crippen molar-refractivity contribution in [2.24, 2.45) is 0 Å². The molecule has 0 aliphatic heterocycles. The quantitative estimate of drug-likeness (QED) is 0.541. The van der Waals surface area contributed by atoms with E-state index < -0.39 is 14.9 Å². The van der Waals surface area contributed by atoms with Gasteiger partial charge in [0.25, 0.3) is 15.7 Å². The highest BCUT2D eigenvalue weighted by Crippen LogP contribution is 2.26. The molecule has 0 aliphatic rings. The van der Waals surface area contributed by atoms with Gasteiger partial charge in [0.05, 0.1) is 20.9 Å². The molecule has 0 aliphatic carbocycles. The molecule has 0 bridgehead atoms. The van der Waals surface area contributed by atoms with Gasteiger partial charge in [0.15, 0.2) is 0 Å². The predicted octanol–water partition coefficient (Wildman–Crippen LogP) is 2.83. The molecule has 2 aromatic carbocycles. The lowest BCUT2D eigenvalue weighted by molar-refractivity contribution is -0.384. The third-order valence-corrected chi connectivity index (χ3v) is 5.14. The second-order valence-corrected chi connectivity index (χ2v) is 6.51. The predicted molar refractivity (Wildman–Crippen MR) is 80.4 cm³/mol. The molecule has 7 nitrogen and oxygen atoms in total. The van der Waals surface area contributed by atoms with Gasteiger partial charge in [-0.15, -0.1) is 0 Å². The van der Waals surface area contributed by atoms with Crippen molar-refractivity contribution in [1.82, 2.24) is 8.96 Å². The summed E-state index contributed by atoms with van der Waals surface area (Å²) in [6.45, 7) is 0. The van der Waals surface area contributed by atoms with Crippen molar-refractivity contribution in [2.75, 3.05) is 0 Å². The molecule has 3 aromatic rings. The molecule has 22 heavy (non-hydrogen) atoms. The number of hydrogen-bond donors (Lipinski definition) is 0. The van der Waals surface area contributed by atoms with Crippen molar-refractivity contribution in [2.45, 2.75) is 4.90 Å². The van der Waals surface area contributed by atoms with Crippen LogP contribution >= 0.6 is 11.6 Å². The van der Waals surface area contributed by atoms with Crippen LogP contribution in [0.25, 0.3) is 11.0 Å². The Morgan fingerprint density at radius 2 is 1.73 bits per heavy atom. The minimum atomic E-state index is -4.00. The first-order valence-electron chi connectivity index (χ1n) is 6.04. The average Bonchev–Trinajstić information content (AvgIpc) is 2.83. The van der Waals surface area contributed by atoms with E-state index in [0.29, 0.717) is 11.0 Å². The molecule has 3 rings (SSSR count). The van der Waals surface area contributed by atoms with Gasteiger partial charge in [-0.05, 0) is 35.9 Å². The molecular weight excluding hydrogens is 330 g/mol. The zero-order valence-electron chi connectivity index (χ0n) is 10.9. The number of non-ortho nitro benzene ring substituents is 1. The van der Waals surface area contributed by atoms with Gasteiger partial charge >= 0.3 is 0 Å². The summed E-state index contributed by atoms with van der Waals surface area (Å²) in [7, 11) is -4.00. The third kappa shape index (κ3) is 2.22. The molecule has 0 atom stereocenters. The Bertz CT molecular complexity index is 980. The molecule has 0 spiro atoms. The van der Waals surface area contributed by atoms with E-state index in [9.17, 15) is 18.5 Å². The summed E-state index contributed by atoms with van der Waals surface area (Å²) < 4.78 is 26.3. The second kappa shape index (κ2) is 5.08. The van der Waals surface area contributed by atoms with E-state index in [-0.39, 0.29) is 15.9 Å². The van der Waals surface area contributed by atoms with Gasteiger partial charge in [0.2, 0.25) is 5.28 Å². The molecule has 0 radical (unpaired) electrons. The zero-order chi connectivity index (χ0) is 15.9. The lowest BCUT2D eigenvalue weighted by Crippen LogP contribution is -2.13. The number of nitro groups is 1. The molecule has 0 N–H and O–H groups in total. The topological polar surface area (TPSA) is 95.1 Å². The van der Waals surface area contributed by atoms with Crippen LogP contribution in [0.3, 0.4) is 0 Å². The van der Waals surface area contributed by atoms with Gasteiger partial charge in [0.1, 0.15) is 0 Å². The summed E-state index contributed by atoms with van der Waals surface area (Å²) in [6, 6.07) is 11.2. The maximum absolute atomic E-state index is 12.7. The second-order valence-electron chi connectivity index (χ2n) is 4.39. The first kappa shape index (κ1) is 14.5. The normalized spacial score (nSPS) is 11.7. The summed E-state index contributed by atoms with van der Waals surface area (Å²) >= 11 is 5.95.